The van der Waals surface area contributed by atoms with E-state index in [1.54, 1.807) is 0 Å². The highest BCUT2D eigenvalue weighted by atomic mass is 35.5. The number of carboxylic acids is 1. The number of anilines is 1. The normalized spacial score (nSPS) is 11.0. The van der Waals surface area contributed by atoms with Gasteiger partial charge in [0.25, 0.3) is 15.7 Å². The van der Waals surface area contributed by atoms with Crippen molar-refractivity contribution in [2.45, 2.75) is 4.90 Å². The summed E-state index contributed by atoms with van der Waals surface area (Å²) in [6.07, 6.45) is 0. The number of carbonyl (C=O) groups is 1. The minimum absolute atomic E-state index is 0.241. The summed E-state index contributed by atoms with van der Waals surface area (Å²) >= 11 is 5.78. The van der Waals surface area contributed by atoms with E-state index in [4.69, 9.17) is 11.6 Å². The van der Waals surface area contributed by atoms with Crippen LogP contribution in [-0.4, -0.2) is 19.3 Å². The summed E-state index contributed by atoms with van der Waals surface area (Å²) in [6, 6.07) is 8.08. The number of aromatic carboxylic acids is 1. The molecule has 0 unspecified atom stereocenters. The van der Waals surface area contributed by atoms with Gasteiger partial charge < -0.3 is 9.90 Å². The van der Waals surface area contributed by atoms with E-state index < -0.39 is 31.5 Å². The molecule has 0 saturated heterocycles. The van der Waals surface area contributed by atoms with Gasteiger partial charge in [0.15, 0.2) is 0 Å². The van der Waals surface area contributed by atoms with Gasteiger partial charge in [0.2, 0.25) is 0 Å². The van der Waals surface area contributed by atoms with Crippen molar-refractivity contribution < 1.29 is 23.2 Å². The fraction of sp³-hybridized carbons (Fsp3) is 0. The van der Waals surface area contributed by atoms with E-state index in [2.05, 4.69) is 0 Å². The summed E-state index contributed by atoms with van der Waals surface area (Å²) in [4.78, 5) is 20.4. The average molecular weight is 356 g/mol. The number of nitro groups is 1. The number of nitrogens with zero attached hydrogens (tertiary/aromatic N) is 1. The number of carboxylic acid groups (broad SMARTS) is 1. The molecule has 2 rings (SSSR count). The molecular weight excluding hydrogens is 348 g/mol. The Balaban J connectivity index is 2.50. The van der Waals surface area contributed by atoms with Crippen molar-refractivity contribution in [1.82, 2.24) is 0 Å². The molecule has 0 aliphatic rings. The molecule has 0 bridgehead atoms. The van der Waals surface area contributed by atoms with Crippen LogP contribution in [0.2, 0.25) is 5.02 Å². The maximum absolute atomic E-state index is 12.3. The lowest BCUT2D eigenvalue weighted by Gasteiger charge is -2.13. The maximum Gasteiger partial charge on any atom is 0.270 e. The molecule has 0 radical (unpaired) electrons. The Morgan fingerprint density at radius 3 is 2.43 bits per heavy atom. The molecule has 2 aromatic carbocycles. The van der Waals surface area contributed by atoms with Crippen LogP contribution < -0.4 is 9.83 Å². The van der Waals surface area contributed by atoms with Gasteiger partial charge in [-0.25, -0.2) is 8.42 Å². The molecule has 0 amide bonds. The third-order valence-electron chi connectivity index (χ3n) is 2.81. The molecule has 0 aromatic heterocycles. The van der Waals surface area contributed by atoms with Gasteiger partial charge in [0.1, 0.15) is 4.90 Å². The number of benzene rings is 2. The van der Waals surface area contributed by atoms with E-state index >= 15 is 0 Å². The minimum Gasteiger partial charge on any atom is -0.545 e. The Morgan fingerprint density at radius 2 is 1.83 bits per heavy atom. The topological polar surface area (TPSA) is 129 Å². The number of hydrogen-bond donors (Lipinski definition) is 1. The van der Waals surface area contributed by atoms with Gasteiger partial charge in [0.05, 0.1) is 21.6 Å². The molecule has 2 aromatic rings. The van der Waals surface area contributed by atoms with Crippen molar-refractivity contribution in [3.05, 3.63) is 63.2 Å². The minimum atomic E-state index is -4.33. The highest BCUT2D eigenvalue weighted by Crippen LogP contribution is 2.28. The smallest absolute Gasteiger partial charge is 0.270 e. The number of hydrogen-bond acceptors (Lipinski definition) is 6. The maximum atomic E-state index is 12.3. The van der Waals surface area contributed by atoms with Crippen molar-refractivity contribution >= 4 is 39.0 Å². The Kier molecular flexibility index (Phi) is 4.52. The fourth-order valence-electron chi connectivity index (χ4n) is 1.76. The largest absolute Gasteiger partial charge is 0.545 e. The summed E-state index contributed by atoms with van der Waals surface area (Å²) in [7, 11) is -4.33. The first-order valence-electron chi connectivity index (χ1n) is 5.99. The van der Waals surface area contributed by atoms with E-state index in [0.717, 1.165) is 24.3 Å². The van der Waals surface area contributed by atoms with E-state index in [0.29, 0.717) is 0 Å². The zero-order valence-corrected chi connectivity index (χ0v) is 12.8. The summed E-state index contributed by atoms with van der Waals surface area (Å²) in [5, 5.41) is 21.5. The number of nitro benzene ring substituents is 1. The molecular formula is C13H8ClN2O6S-. The molecule has 0 heterocycles. The van der Waals surface area contributed by atoms with Crippen LogP contribution in [0.1, 0.15) is 10.4 Å². The van der Waals surface area contributed by atoms with E-state index in [-0.39, 0.29) is 16.3 Å². The third-order valence-corrected chi connectivity index (χ3v) is 4.65. The third kappa shape index (κ3) is 3.58. The highest BCUT2D eigenvalue weighted by Gasteiger charge is 2.22. The van der Waals surface area contributed by atoms with Crippen molar-refractivity contribution in [1.29, 1.82) is 0 Å². The Hall–Kier alpha value is -2.65. The van der Waals surface area contributed by atoms with Crippen molar-refractivity contribution in [2.75, 3.05) is 4.72 Å². The van der Waals surface area contributed by atoms with Crippen molar-refractivity contribution in [2.24, 2.45) is 0 Å². The van der Waals surface area contributed by atoms with E-state index in [1.165, 1.54) is 18.2 Å². The monoisotopic (exact) mass is 355 g/mol. The first-order chi connectivity index (χ1) is 10.7. The number of sulfonamides is 1. The molecule has 0 atom stereocenters. The SMILES string of the molecule is O=C([O-])c1ccccc1NS(=O)(=O)c1cc([N+](=O)[O-])ccc1Cl. The number of halogens is 1. The second kappa shape index (κ2) is 6.23. The first kappa shape index (κ1) is 16.7. The molecule has 0 aliphatic heterocycles. The van der Waals surface area contributed by atoms with Crippen LogP contribution in [0.3, 0.4) is 0 Å². The lowest BCUT2D eigenvalue weighted by molar-refractivity contribution is -0.385. The van der Waals surface area contributed by atoms with Gasteiger partial charge in [-0.1, -0.05) is 29.8 Å². The summed E-state index contributed by atoms with van der Waals surface area (Å²) < 4.78 is 26.7. The molecule has 10 heteroatoms. The predicted octanol–water partition coefficient (Wildman–Crippen LogP) is 1.41. The van der Waals surface area contributed by atoms with E-state index in [9.17, 15) is 28.4 Å². The lowest BCUT2D eigenvalue weighted by Crippen LogP contribution is -2.25. The molecule has 1 N–H and O–H groups in total. The molecule has 0 saturated carbocycles. The van der Waals surface area contributed by atoms with Gasteiger partial charge in [-0.15, -0.1) is 0 Å². The highest BCUT2D eigenvalue weighted by molar-refractivity contribution is 7.92. The van der Waals surface area contributed by atoms with Gasteiger partial charge in [-0.2, -0.15) is 0 Å². The van der Waals surface area contributed by atoms with Crippen LogP contribution in [-0.2, 0) is 10.0 Å². The predicted molar refractivity (Wildman–Crippen MR) is 79.7 cm³/mol. The number of non-ortho nitro benzene ring substituents is 1. The van der Waals surface area contributed by atoms with Crippen LogP contribution in [0.5, 0.6) is 0 Å². The number of para-hydroxylation sites is 1. The summed E-state index contributed by atoms with van der Waals surface area (Å²) in [5.74, 6) is -1.58. The average Bonchev–Trinajstić information content (AvgIpc) is 2.47. The summed E-state index contributed by atoms with van der Waals surface area (Å²) in [6.45, 7) is 0. The van der Waals surface area contributed by atoms with Crippen LogP contribution in [0.4, 0.5) is 11.4 Å². The second-order valence-corrected chi connectivity index (χ2v) is 6.37. The van der Waals surface area contributed by atoms with Crippen LogP contribution in [0, 0.1) is 10.1 Å². The quantitative estimate of drug-likeness (QED) is 0.637. The Morgan fingerprint density at radius 1 is 1.17 bits per heavy atom. The Bertz CT molecular complexity index is 897. The van der Waals surface area contributed by atoms with Gasteiger partial charge in [-0.3, -0.25) is 14.8 Å². The van der Waals surface area contributed by atoms with Crippen LogP contribution in [0.15, 0.2) is 47.4 Å². The first-order valence-corrected chi connectivity index (χ1v) is 7.85. The van der Waals surface area contributed by atoms with E-state index in [1.807, 2.05) is 4.72 Å². The van der Waals surface area contributed by atoms with Crippen molar-refractivity contribution in [3.8, 4) is 0 Å². The molecule has 8 nitrogen and oxygen atoms in total. The molecule has 120 valence electrons. The zero-order chi connectivity index (χ0) is 17.2. The fourth-order valence-corrected chi connectivity index (χ4v) is 3.36. The van der Waals surface area contributed by atoms with Crippen LogP contribution >= 0.6 is 11.6 Å². The van der Waals surface area contributed by atoms with Gasteiger partial charge in [-0.05, 0) is 12.1 Å². The van der Waals surface area contributed by atoms with Crippen LogP contribution in [0.25, 0.3) is 0 Å². The Labute approximate surface area is 135 Å². The zero-order valence-electron chi connectivity index (χ0n) is 11.2. The molecule has 0 spiro atoms. The number of carbonyl (C=O) groups excluding carboxylic acids is 1. The number of nitrogens with one attached hydrogen (secondary N) is 1. The lowest BCUT2D eigenvalue weighted by atomic mass is 10.2. The van der Waals surface area contributed by atoms with Gasteiger partial charge in [0, 0.05) is 17.7 Å². The van der Waals surface area contributed by atoms with Gasteiger partial charge >= 0.3 is 0 Å². The molecule has 0 aliphatic carbocycles. The number of rotatable bonds is 5. The second-order valence-electron chi connectivity index (χ2n) is 4.31. The summed E-state index contributed by atoms with van der Waals surface area (Å²) in [5.41, 5.74) is -1.09. The molecule has 0 fully saturated rings. The van der Waals surface area contributed by atoms with Crippen molar-refractivity contribution in [3.63, 3.8) is 0 Å². The standard InChI is InChI=1S/C13H9ClN2O6S/c14-10-6-5-8(16(19)20)7-12(10)23(21,22)15-11-4-2-1-3-9(11)13(17)18/h1-7,15H,(H,17,18)/p-1. The molecule has 23 heavy (non-hydrogen) atoms.